The number of nitrogens with zero attached hydrogens (tertiary/aromatic N) is 5. The number of nitrogens with one attached hydrogen (secondary N) is 2. The standard InChI is InChI=1S/C24H35N7O3/c1-15(2)30-21-22(25-13-18-9-6-7-11-20(18)34-17(5)33)26-24(29-12-8-10-19(29)14-32)27-23(21)31(28-30)16(3)4/h6-7,9,11,15-16,19,28,32H,8,10,12-14H2,1-5H3,(H,25,26,27)/t19-/m1/s1. The van der Waals surface area contributed by atoms with E-state index in [1.165, 1.54) is 6.92 Å². The molecule has 4 rings (SSSR count). The van der Waals surface area contributed by atoms with Crippen LogP contribution in [-0.4, -0.2) is 52.3 Å². The first-order chi connectivity index (χ1) is 16.3. The van der Waals surface area contributed by atoms with Crippen LogP contribution >= 0.6 is 0 Å². The van der Waals surface area contributed by atoms with Crippen LogP contribution in [0.1, 0.15) is 53.0 Å². The van der Waals surface area contributed by atoms with Gasteiger partial charge in [-0.2, -0.15) is 9.97 Å². The van der Waals surface area contributed by atoms with Crippen LogP contribution in [-0.2, 0) is 11.3 Å². The molecule has 2 aliphatic heterocycles. The molecule has 184 valence electrons. The molecule has 1 fully saturated rings. The van der Waals surface area contributed by atoms with Gasteiger partial charge in [-0.15, -0.1) is 5.53 Å². The number of carbonyl (C=O) groups excluding carboxylic acids is 1. The third-order valence-electron chi connectivity index (χ3n) is 6.09. The quantitative estimate of drug-likeness (QED) is 0.395. The maximum atomic E-state index is 11.6. The predicted molar refractivity (Wildman–Crippen MR) is 133 cm³/mol. The Morgan fingerprint density at radius 3 is 2.62 bits per heavy atom. The summed E-state index contributed by atoms with van der Waals surface area (Å²) in [5.74, 6) is 2.25. The van der Waals surface area contributed by atoms with Gasteiger partial charge in [0, 0.05) is 37.7 Å². The highest BCUT2D eigenvalue weighted by Crippen LogP contribution is 2.41. The van der Waals surface area contributed by atoms with Crippen molar-refractivity contribution in [2.45, 2.75) is 72.1 Å². The summed E-state index contributed by atoms with van der Waals surface area (Å²) in [6.45, 7) is 11.1. The highest BCUT2D eigenvalue weighted by atomic mass is 16.5. The highest BCUT2D eigenvalue weighted by Gasteiger charge is 2.36. The summed E-state index contributed by atoms with van der Waals surface area (Å²) in [5, 5.41) is 17.5. The van der Waals surface area contributed by atoms with E-state index in [0.717, 1.165) is 36.5 Å². The normalized spacial score (nSPS) is 17.6. The molecule has 0 saturated carbocycles. The Hall–Kier alpha value is -3.11. The Kier molecular flexibility index (Phi) is 7.08. The molecule has 10 heteroatoms. The van der Waals surface area contributed by atoms with Crippen molar-refractivity contribution in [2.24, 2.45) is 0 Å². The Labute approximate surface area is 200 Å². The van der Waals surface area contributed by atoms with Crippen molar-refractivity contribution in [1.82, 2.24) is 15.5 Å². The van der Waals surface area contributed by atoms with Crippen molar-refractivity contribution in [2.75, 3.05) is 33.4 Å². The zero-order valence-electron chi connectivity index (χ0n) is 20.6. The lowest BCUT2D eigenvalue weighted by atomic mass is 10.2. The number of benzene rings is 1. The minimum Gasteiger partial charge on any atom is -0.426 e. The number of aliphatic hydroxyl groups excluding tert-OH is 1. The molecule has 0 radical (unpaired) electrons. The lowest BCUT2D eigenvalue weighted by Gasteiger charge is -2.27. The van der Waals surface area contributed by atoms with E-state index in [2.05, 4.69) is 48.5 Å². The van der Waals surface area contributed by atoms with Crippen molar-refractivity contribution in [1.29, 1.82) is 0 Å². The molecule has 2 aliphatic rings. The number of fused-ring (bicyclic) bond motifs is 1. The zero-order valence-corrected chi connectivity index (χ0v) is 20.6. The van der Waals surface area contributed by atoms with Gasteiger partial charge in [0.05, 0.1) is 12.6 Å². The van der Waals surface area contributed by atoms with Gasteiger partial charge in [-0.1, -0.05) is 18.2 Å². The van der Waals surface area contributed by atoms with Gasteiger partial charge in [0.15, 0.2) is 11.6 Å². The number of hydrogen-bond acceptors (Lipinski definition) is 10. The van der Waals surface area contributed by atoms with E-state index in [-0.39, 0.29) is 30.7 Å². The molecule has 0 bridgehead atoms. The van der Waals surface area contributed by atoms with Gasteiger partial charge in [0.2, 0.25) is 5.95 Å². The van der Waals surface area contributed by atoms with E-state index in [0.29, 0.717) is 24.1 Å². The molecule has 1 saturated heterocycles. The van der Waals surface area contributed by atoms with Crippen molar-refractivity contribution >= 4 is 29.2 Å². The van der Waals surface area contributed by atoms with Gasteiger partial charge < -0.3 is 20.1 Å². The summed E-state index contributed by atoms with van der Waals surface area (Å²) >= 11 is 0. The Morgan fingerprint density at radius 1 is 1.21 bits per heavy atom. The summed E-state index contributed by atoms with van der Waals surface area (Å²) in [6.07, 6.45) is 1.91. The van der Waals surface area contributed by atoms with Crippen molar-refractivity contribution in [3.63, 3.8) is 0 Å². The van der Waals surface area contributed by atoms with E-state index >= 15 is 0 Å². The number of rotatable bonds is 8. The molecule has 34 heavy (non-hydrogen) atoms. The molecule has 3 N–H and O–H groups in total. The molecule has 0 unspecified atom stereocenters. The average Bonchev–Trinajstić information content (AvgIpc) is 3.42. The largest absolute Gasteiger partial charge is 0.426 e. The van der Waals surface area contributed by atoms with Crippen molar-refractivity contribution in [3.05, 3.63) is 29.8 Å². The van der Waals surface area contributed by atoms with Crippen LogP contribution in [0.25, 0.3) is 0 Å². The van der Waals surface area contributed by atoms with E-state index in [9.17, 15) is 9.90 Å². The number of para-hydroxylation sites is 1. The summed E-state index contributed by atoms with van der Waals surface area (Å²) in [5.41, 5.74) is 5.18. The molecule has 1 aromatic carbocycles. The molecular weight excluding hydrogens is 434 g/mol. The summed E-state index contributed by atoms with van der Waals surface area (Å²) in [6, 6.07) is 7.80. The van der Waals surface area contributed by atoms with E-state index < -0.39 is 0 Å². The number of hydrogen-bond donors (Lipinski definition) is 3. The summed E-state index contributed by atoms with van der Waals surface area (Å²) in [4.78, 5) is 23.5. The number of esters is 1. The SMILES string of the molecule is CC(=O)Oc1ccccc1CNc1nc(N2CCC[C@@H]2CO)nc2c1N(C(C)C)NN2C(C)C. The molecule has 1 aromatic heterocycles. The Bertz CT molecular complexity index is 1030. The fourth-order valence-electron chi connectivity index (χ4n) is 4.39. The minimum atomic E-state index is -0.357. The first-order valence-corrected chi connectivity index (χ1v) is 11.9. The molecule has 2 aromatic rings. The van der Waals surface area contributed by atoms with E-state index in [1.807, 2.05) is 23.2 Å². The molecule has 10 nitrogen and oxygen atoms in total. The second-order valence-electron chi connectivity index (χ2n) is 9.30. The number of carbonyl (C=O) groups is 1. The molecule has 0 spiro atoms. The second kappa shape index (κ2) is 10.0. The van der Waals surface area contributed by atoms with Crippen LogP contribution in [0.4, 0.5) is 23.3 Å². The number of aromatic nitrogens is 2. The fourth-order valence-corrected chi connectivity index (χ4v) is 4.39. The maximum absolute atomic E-state index is 11.6. The van der Waals surface area contributed by atoms with Gasteiger partial charge in [0.25, 0.3) is 0 Å². The van der Waals surface area contributed by atoms with Crippen LogP contribution in [0, 0.1) is 0 Å². The van der Waals surface area contributed by atoms with Crippen LogP contribution in [0.2, 0.25) is 0 Å². The van der Waals surface area contributed by atoms with Gasteiger partial charge in [-0.25, -0.2) is 0 Å². The van der Waals surface area contributed by atoms with Crippen molar-refractivity contribution in [3.8, 4) is 5.75 Å². The fraction of sp³-hybridized carbons (Fsp3) is 0.542. The monoisotopic (exact) mass is 469 g/mol. The number of anilines is 4. The number of aliphatic hydroxyl groups is 1. The predicted octanol–water partition coefficient (Wildman–Crippen LogP) is 2.84. The molecule has 0 aliphatic carbocycles. The van der Waals surface area contributed by atoms with E-state index in [1.54, 1.807) is 6.07 Å². The smallest absolute Gasteiger partial charge is 0.308 e. The minimum absolute atomic E-state index is 0.0126. The number of hydrazine groups is 2. The second-order valence-corrected chi connectivity index (χ2v) is 9.30. The first kappa shape index (κ1) is 24.0. The van der Waals surface area contributed by atoms with Crippen molar-refractivity contribution < 1.29 is 14.6 Å². The van der Waals surface area contributed by atoms with Crippen LogP contribution < -0.4 is 30.5 Å². The molecule has 0 amide bonds. The zero-order chi connectivity index (χ0) is 24.4. The summed E-state index contributed by atoms with van der Waals surface area (Å²) < 4.78 is 5.39. The van der Waals surface area contributed by atoms with E-state index in [4.69, 9.17) is 14.7 Å². The van der Waals surface area contributed by atoms with Crippen LogP contribution in [0.5, 0.6) is 5.75 Å². The van der Waals surface area contributed by atoms with Gasteiger partial charge >= 0.3 is 5.97 Å². The molecular formula is C24H35N7O3. The first-order valence-electron chi connectivity index (χ1n) is 11.9. The van der Waals surface area contributed by atoms with Crippen LogP contribution in [0.3, 0.4) is 0 Å². The highest BCUT2D eigenvalue weighted by molar-refractivity contribution is 5.83. The van der Waals surface area contributed by atoms with Crippen LogP contribution in [0.15, 0.2) is 24.3 Å². The molecule has 1 atom stereocenters. The average molecular weight is 470 g/mol. The number of ether oxygens (including phenoxy) is 1. The Balaban J connectivity index is 1.75. The van der Waals surface area contributed by atoms with Gasteiger partial charge in [0.1, 0.15) is 11.4 Å². The molecule has 3 heterocycles. The third kappa shape index (κ3) is 4.74. The van der Waals surface area contributed by atoms with Gasteiger partial charge in [-0.3, -0.25) is 14.8 Å². The maximum Gasteiger partial charge on any atom is 0.308 e. The third-order valence-corrected chi connectivity index (χ3v) is 6.09. The summed E-state index contributed by atoms with van der Waals surface area (Å²) in [7, 11) is 0. The topological polar surface area (TPSA) is 106 Å². The lowest BCUT2D eigenvalue weighted by Crippen LogP contribution is -2.50. The Morgan fingerprint density at radius 2 is 1.94 bits per heavy atom. The lowest BCUT2D eigenvalue weighted by molar-refractivity contribution is -0.131. The van der Waals surface area contributed by atoms with Gasteiger partial charge in [-0.05, 0) is 46.6 Å².